The Morgan fingerprint density at radius 2 is 1.96 bits per heavy atom. The molecule has 8 nitrogen and oxygen atoms in total. The standard InChI is InChI=1S/C17H24N4O4S2/c1-17(15(22)19-16(26)18-2,21-9-5-4-6-10-21)12-7-8-14(25-3)13(11-12)20-27(23)24/h7-8,11H,4-6,9-10H2,1-3H3,(H2,18,19,22,26). The van der Waals surface area contributed by atoms with E-state index < -0.39 is 16.0 Å². The fraction of sp³-hybridized carbons (Fsp3) is 0.529. The van der Waals surface area contributed by atoms with Gasteiger partial charge in [-0.3, -0.25) is 9.69 Å². The second-order valence-electron chi connectivity index (χ2n) is 6.35. The number of benzene rings is 1. The van der Waals surface area contributed by atoms with Crippen LogP contribution in [0.4, 0.5) is 5.69 Å². The summed E-state index contributed by atoms with van der Waals surface area (Å²) in [4.78, 5) is 15.2. The molecule has 2 rings (SSSR count). The molecule has 1 heterocycles. The van der Waals surface area contributed by atoms with Crippen molar-refractivity contribution < 1.29 is 17.9 Å². The van der Waals surface area contributed by atoms with Crippen LogP contribution >= 0.6 is 12.2 Å². The molecule has 0 aliphatic carbocycles. The molecule has 27 heavy (non-hydrogen) atoms. The Balaban J connectivity index is 2.57. The highest BCUT2D eigenvalue weighted by atomic mass is 32.2. The van der Waals surface area contributed by atoms with Gasteiger partial charge in [-0.2, -0.15) is 8.42 Å². The fourth-order valence-corrected chi connectivity index (χ4v) is 3.63. The number of piperidine rings is 1. The molecule has 0 aromatic heterocycles. The van der Waals surface area contributed by atoms with Gasteiger partial charge in [0.05, 0.1) is 7.11 Å². The smallest absolute Gasteiger partial charge is 0.316 e. The minimum Gasteiger partial charge on any atom is -0.494 e. The third-order valence-electron chi connectivity index (χ3n) is 4.80. The number of carbonyl (C=O) groups excluding carboxylic acids is 1. The normalized spacial score (nSPS) is 16.7. The van der Waals surface area contributed by atoms with Crippen molar-refractivity contribution in [2.24, 2.45) is 4.36 Å². The molecule has 0 saturated carbocycles. The molecule has 2 N–H and O–H groups in total. The van der Waals surface area contributed by atoms with Crippen molar-refractivity contribution in [1.82, 2.24) is 15.5 Å². The first-order valence-electron chi connectivity index (χ1n) is 8.60. The highest BCUT2D eigenvalue weighted by molar-refractivity contribution is 7.80. The van der Waals surface area contributed by atoms with E-state index in [4.69, 9.17) is 17.0 Å². The van der Waals surface area contributed by atoms with Gasteiger partial charge in [-0.1, -0.05) is 12.5 Å². The van der Waals surface area contributed by atoms with Gasteiger partial charge < -0.3 is 15.4 Å². The molecule has 0 radical (unpaired) electrons. The van der Waals surface area contributed by atoms with E-state index >= 15 is 0 Å². The average molecular weight is 413 g/mol. The zero-order valence-electron chi connectivity index (χ0n) is 15.6. The summed E-state index contributed by atoms with van der Waals surface area (Å²) in [7, 11) is 0.429. The number of hydrogen-bond donors (Lipinski definition) is 2. The number of carbonyl (C=O) groups is 1. The lowest BCUT2D eigenvalue weighted by Crippen LogP contribution is -2.57. The van der Waals surface area contributed by atoms with E-state index in [0.717, 1.165) is 32.4 Å². The molecule has 1 fully saturated rings. The van der Waals surface area contributed by atoms with E-state index in [1.165, 1.54) is 7.11 Å². The summed E-state index contributed by atoms with van der Waals surface area (Å²) < 4.78 is 30.9. The highest BCUT2D eigenvalue weighted by Gasteiger charge is 2.42. The summed E-state index contributed by atoms with van der Waals surface area (Å²) in [5, 5.41) is 5.67. The maximum Gasteiger partial charge on any atom is 0.316 e. The Kier molecular flexibility index (Phi) is 7.28. The van der Waals surface area contributed by atoms with Crippen molar-refractivity contribution in [3.05, 3.63) is 23.8 Å². The summed E-state index contributed by atoms with van der Waals surface area (Å²) in [5.74, 6) is 0.0261. The van der Waals surface area contributed by atoms with E-state index in [0.29, 0.717) is 11.3 Å². The summed E-state index contributed by atoms with van der Waals surface area (Å²) in [5.41, 5.74) is -0.274. The number of likely N-dealkylation sites (tertiary alicyclic amines) is 1. The van der Waals surface area contributed by atoms with Crippen LogP contribution in [0.3, 0.4) is 0 Å². The van der Waals surface area contributed by atoms with Crippen molar-refractivity contribution in [2.45, 2.75) is 31.7 Å². The third kappa shape index (κ3) is 4.82. The van der Waals surface area contributed by atoms with Gasteiger partial charge in [-0.25, -0.2) is 0 Å². The molecule has 148 valence electrons. The first-order valence-corrected chi connectivity index (χ1v) is 10.0. The van der Waals surface area contributed by atoms with Gasteiger partial charge in [-0.05, 0) is 62.8 Å². The first-order chi connectivity index (χ1) is 12.8. The van der Waals surface area contributed by atoms with Crippen LogP contribution in [0.5, 0.6) is 5.75 Å². The number of nitrogens with zero attached hydrogens (tertiary/aromatic N) is 2. The maximum absolute atomic E-state index is 13.2. The van der Waals surface area contributed by atoms with Gasteiger partial charge >= 0.3 is 10.5 Å². The second-order valence-corrected chi connectivity index (χ2v) is 7.37. The zero-order valence-corrected chi connectivity index (χ0v) is 17.2. The van der Waals surface area contributed by atoms with Crippen LogP contribution in [-0.2, 0) is 20.8 Å². The molecule has 1 aromatic rings. The lowest BCUT2D eigenvalue weighted by Gasteiger charge is -2.42. The SMILES string of the molecule is CNC(=S)NC(=O)C(C)(c1ccc(OC)c(N=S(=O)=O)c1)N1CCCCC1. The molecule has 1 aromatic carbocycles. The minimum absolute atomic E-state index is 0.149. The largest absolute Gasteiger partial charge is 0.494 e. The van der Waals surface area contributed by atoms with Gasteiger partial charge in [0, 0.05) is 7.05 Å². The fourth-order valence-electron chi connectivity index (χ4n) is 3.23. The summed E-state index contributed by atoms with van der Waals surface area (Å²) in [6, 6.07) is 4.94. The topological polar surface area (TPSA) is 100 Å². The van der Waals surface area contributed by atoms with Crippen LogP contribution in [-0.4, -0.2) is 51.6 Å². The third-order valence-corrected chi connectivity index (χ3v) is 5.45. The van der Waals surface area contributed by atoms with Crippen LogP contribution in [0.1, 0.15) is 31.7 Å². The predicted molar refractivity (Wildman–Crippen MR) is 107 cm³/mol. The van der Waals surface area contributed by atoms with Crippen molar-refractivity contribution in [2.75, 3.05) is 27.2 Å². The van der Waals surface area contributed by atoms with E-state index in [9.17, 15) is 13.2 Å². The maximum atomic E-state index is 13.2. The molecule has 1 atom stereocenters. The van der Waals surface area contributed by atoms with Crippen LogP contribution < -0.4 is 15.4 Å². The highest BCUT2D eigenvalue weighted by Crippen LogP contribution is 2.37. The van der Waals surface area contributed by atoms with Crippen molar-refractivity contribution in [3.8, 4) is 5.75 Å². The second kappa shape index (κ2) is 9.25. The Hall–Kier alpha value is -2.04. The Morgan fingerprint density at radius 1 is 1.30 bits per heavy atom. The number of hydrogen-bond acceptors (Lipinski definition) is 7. The molecule has 1 amide bonds. The molecule has 1 aliphatic heterocycles. The predicted octanol–water partition coefficient (Wildman–Crippen LogP) is 1.71. The molecule has 1 saturated heterocycles. The molecule has 0 bridgehead atoms. The Morgan fingerprint density at radius 3 is 2.52 bits per heavy atom. The van der Waals surface area contributed by atoms with Crippen molar-refractivity contribution in [1.29, 1.82) is 0 Å². The van der Waals surface area contributed by atoms with E-state index in [1.807, 2.05) is 6.92 Å². The van der Waals surface area contributed by atoms with Gasteiger partial charge in [0.25, 0.3) is 5.91 Å². The molecule has 1 aliphatic rings. The monoisotopic (exact) mass is 412 g/mol. The Labute approximate surface area is 166 Å². The molecule has 1 unspecified atom stereocenters. The zero-order chi connectivity index (χ0) is 20.0. The van der Waals surface area contributed by atoms with Gasteiger partial charge in [0.2, 0.25) is 0 Å². The van der Waals surface area contributed by atoms with Crippen molar-refractivity contribution >= 4 is 39.4 Å². The van der Waals surface area contributed by atoms with E-state index in [2.05, 4.69) is 19.9 Å². The van der Waals surface area contributed by atoms with Crippen molar-refractivity contribution in [3.63, 3.8) is 0 Å². The van der Waals surface area contributed by atoms with Crippen LogP contribution in [0, 0.1) is 0 Å². The number of nitrogens with one attached hydrogen (secondary N) is 2. The summed E-state index contributed by atoms with van der Waals surface area (Å²) >= 11 is 5.09. The van der Waals surface area contributed by atoms with Gasteiger partial charge in [-0.15, -0.1) is 4.36 Å². The number of methoxy groups -OCH3 is 1. The molecule has 10 heteroatoms. The molecular formula is C17H24N4O4S2. The average Bonchev–Trinajstić information content (AvgIpc) is 2.67. The first kappa shape index (κ1) is 21.3. The van der Waals surface area contributed by atoms with Crippen LogP contribution in [0.2, 0.25) is 0 Å². The summed E-state index contributed by atoms with van der Waals surface area (Å²) in [6.07, 6.45) is 3.08. The van der Waals surface area contributed by atoms with Crippen LogP contribution in [0.15, 0.2) is 22.6 Å². The van der Waals surface area contributed by atoms with E-state index in [-0.39, 0.29) is 16.7 Å². The number of amides is 1. The molecular weight excluding hydrogens is 388 g/mol. The Bertz CT molecular complexity index is 842. The number of rotatable bonds is 5. The number of ether oxygens (including phenoxy) is 1. The minimum atomic E-state index is -2.64. The lowest BCUT2D eigenvalue weighted by atomic mass is 9.86. The summed E-state index contributed by atoms with van der Waals surface area (Å²) in [6.45, 7) is 3.32. The van der Waals surface area contributed by atoms with Crippen LogP contribution in [0.25, 0.3) is 0 Å². The quantitative estimate of drug-likeness (QED) is 0.710. The van der Waals surface area contributed by atoms with Gasteiger partial charge in [0.15, 0.2) is 5.11 Å². The van der Waals surface area contributed by atoms with E-state index in [1.54, 1.807) is 25.2 Å². The van der Waals surface area contributed by atoms with Gasteiger partial charge in [0.1, 0.15) is 17.0 Å². The lowest BCUT2D eigenvalue weighted by molar-refractivity contribution is -0.132. The molecule has 0 spiro atoms. The number of thiocarbonyl (C=S) groups is 1.